The minimum atomic E-state index is -0.882. The molecule has 1 nitrogen and oxygen atoms in total. The highest BCUT2D eigenvalue weighted by Crippen LogP contribution is 2.46. The average molecular weight is 354 g/mol. The summed E-state index contributed by atoms with van der Waals surface area (Å²) in [5, 5.41) is 10.2. The van der Waals surface area contributed by atoms with Crippen LogP contribution in [0.1, 0.15) is 22.3 Å². The molecule has 1 N–H and O–H groups in total. The Labute approximate surface area is 158 Å². The number of benzene rings is 4. The smallest absolute Gasteiger partial charge is 0.128 e. The van der Waals surface area contributed by atoms with Gasteiger partial charge in [0, 0.05) is 5.56 Å². The van der Waals surface area contributed by atoms with Gasteiger partial charge in [0.1, 0.15) is 11.6 Å². The van der Waals surface area contributed by atoms with Crippen molar-refractivity contribution in [2.45, 2.75) is 5.41 Å². The summed E-state index contributed by atoms with van der Waals surface area (Å²) in [6, 6.07) is 33.8. The molecule has 0 radical (unpaired) electrons. The number of halogens is 1. The van der Waals surface area contributed by atoms with Crippen LogP contribution in [0.4, 0.5) is 4.39 Å². The van der Waals surface area contributed by atoms with Gasteiger partial charge in [-0.05, 0) is 34.9 Å². The van der Waals surface area contributed by atoms with Crippen molar-refractivity contribution < 1.29 is 9.50 Å². The number of rotatable bonds is 4. The molecule has 0 spiro atoms. The summed E-state index contributed by atoms with van der Waals surface area (Å²) in [6.45, 7) is 0. The standard InChI is InChI=1S/C25H19FO/c26-24-17-16-22(27)18-23(24)25(19-10-4-1-5-11-19,20-12-6-2-7-13-20)21-14-8-3-9-15-21/h1-18,27H. The van der Waals surface area contributed by atoms with Crippen LogP contribution in [0.5, 0.6) is 5.75 Å². The van der Waals surface area contributed by atoms with Crippen LogP contribution in [0.3, 0.4) is 0 Å². The van der Waals surface area contributed by atoms with E-state index in [9.17, 15) is 5.11 Å². The molecule has 0 heterocycles. The molecule has 0 saturated carbocycles. The van der Waals surface area contributed by atoms with Gasteiger partial charge in [0.15, 0.2) is 0 Å². The Morgan fingerprint density at radius 1 is 0.556 bits per heavy atom. The summed E-state index contributed by atoms with van der Waals surface area (Å²) in [7, 11) is 0. The van der Waals surface area contributed by atoms with E-state index in [4.69, 9.17) is 0 Å². The van der Waals surface area contributed by atoms with Crippen LogP contribution >= 0.6 is 0 Å². The summed E-state index contributed by atoms with van der Waals surface area (Å²) < 4.78 is 15.2. The molecule has 0 bridgehead atoms. The normalized spacial score (nSPS) is 11.3. The molecule has 0 aliphatic carbocycles. The fourth-order valence-corrected chi connectivity index (χ4v) is 3.83. The third-order valence-electron chi connectivity index (χ3n) is 4.97. The maximum absolute atomic E-state index is 15.2. The summed E-state index contributed by atoms with van der Waals surface area (Å²) in [6.07, 6.45) is 0. The van der Waals surface area contributed by atoms with Gasteiger partial charge >= 0.3 is 0 Å². The summed E-state index contributed by atoms with van der Waals surface area (Å²) in [5.74, 6) is -0.317. The van der Waals surface area contributed by atoms with Crippen molar-refractivity contribution in [2.75, 3.05) is 0 Å². The van der Waals surface area contributed by atoms with Crippen molar-refractivity contribution in [1.29, 1.82) is 0 Å². The van der Waals surface area contributed by atoms with Gasteiger partial charge in [-0.2, -0.15) is 0 Å². The Morgan fingerprint density at radius 2 is 0.963 bits per heavy atom. The molecular weight excluding hydrogens is 335 g/mol. The Balaban J connectivity index is 2.18. The predicted molar refractivity (Wildman–Crippen MR) is 106 cm³/mol. The van der Waals surface area contributed by atoms with Crippen LogP contribution in [-0.2, 0) is 5.41 Å². The molecule has 132 valence electrons. The molecule has 0 amide bonds. The van der Waals surface area contributed by atoms with E-state index in [1.54, 1.807) is 0 Å². The molecule has 4 aromatic rings. The maximum Gasteiger partial charge on any atom is 0.128 e. The number of phenolic OH excluding ortho intramolecular Hbond substituents is 1. The van der Waals surface area contributed by atoms with Crippen LogP contribution in [0.15, 0.2) is 109 Å². The lowest BCUT2D eigenvalue weighted by molar-refractivity contribution is 0.469. The molecule has 0 atom stereocenters. The van der Waals surface area contributed by atoms with Crippen molar-refractivity contribution in [3.05, 3.63) is 137 Å². The highest BCUT2D eigenvalue weighted by Gasteiger charge is 2.40. The number of aromatic hydroxyl groups is 1. The van der Waals surface area contributed by atoms with E-state index >= 15 is 4.39 Å². The van der Waals surface area contributed by atoms with E-state index < -0.39 is 5.41 Å². The van der Waals surface area contributed by atoms with Crippen molar-refractivity contribution in [3.63, 3.8) is 0 Å². The second-order valence-corrected chi connectivity index (χ2v) is 6.51. The van der Waals surface area contributed by atoms with E-state index in [-0.39, 0.29) is 11.6 Å². The SMILES string of the molecule is Oc1ccc(F)c(C(c2ccccc2)(c2ccccc2)c2ccccc2)c1. The minimum absolute atomic E-state index is 0.0403. The lowest BCUT2D eigenvalue weighted by Crippen LogP contribution is -2.32. The summed E-state index contributed by atoms with van der Waals surface area (Å²) in [4.78, 5) is 0. The lowest BCUT2D eigenvalue weighted by atomic mass is 9.65. The molecule has 27 heavy (non-hydrogen) atoms. The third-order valence-corrected chi connectivity index (χ3v) is 4.97. The first-order valence-corrected chi connectivity index (χ1v) is 8.88. The fraction of sp³-hybridized carbons (Fsp3) is 0.0400. The molecular formula is C25H19FO. The van der Waals surface area contributed by atoms with Gasteiger partial charge in [-0.3, -0.25) is 0 Å². The van der Waals surface area contributed by atoms with Gasteiger partial charge in [0.25, 0.3) is 0 Å². The van der Waals surface area contributed by atoms with E-state index in [0.29, 0.717) is 5.56 Å². The van der Waals surface area contributed by atoms with E-state index in [2.05, 4.69) is 0 Å². The van der Waals surface area contributed by atoms with Crippen molar-refractivity contribution >= 4 is 0 Å². The molecule has 0 aromatic heterocycles. The second kappa shape index (κ2) is 7.08. The Bertz CT molecular complexity index is 931. The first kappa shape index (κ1) is 17.0. The second-order valence-electron chi connectivity index (χ2n) is 6.51. The first-order valence-electron chi connectivity index (χ1n) is 8.88. The summed E-state index contributed by atoms with van der Waals surface area (Å²) >= 11 is 0. The molecule has 0 aliphatic heterocycles. The minimum Gasteiger partial charge on any atom is -0.508 e. The van der Waals surface area contributed by atoms with Crippen molar-refractivity contribution in [2.24, 2.45) is 0 Å². The topological polar surface area (TPSA) is 20.2 Å². The van der Waals surface area contributed by atoms with Crippen LogP contribution in [0.2, 0.25) is 0 Å². The first-order chi connectivity index (χ1) is 13.2. The number of hydrogen-bond acceptors (Lipinski definition) is 1. The highest BCUT2D eigenvalue weighted by atomic mass is 19.1. The van der Waals surface area contributed by atoms with E-state index in [1.807, 2.05) is 91.0 Å². The van der Waals surface area contributed by atoms with Crippen molar-refractivity contribution in [3.8, 4) is 5.75 Å². The predicted octanol–water partition coefficient (Wildman–Crippen LogP) is 5.91. The van der Waals surface area contributed by atoms with Crippen LogP contribution in [-0.4, -0.2) is 5.11 Å². The zero-order valence-corrected chi connectivity index (χ0v) is 14.7. The van der Waals surface area contributed by atoms with Crippen LogP contribution < -0.4 is 0 Å². The molecule has 0 unspecified atom stereocenters. The number of phenols is 1. The molecule has 4 aromatic carbocycles. The van der Waals surface area contributed by atoms with Gasteiger partial charge in [-0.15, -0.1) is 0 Å². The average Bonchev–Trinajstić information content (AvgIpc) is 2.73. The van der Waals surface area contributed by atoms with E-state index in [0.717, 1.165) is 16.7 Å². The quantitative estimate of drug-likeness (QED) is 0.451. The van der Waals surface area contributed by atoms with Crippen LogP contribution in [0, 0.1) is 5.82 Å². The van der Waals surface area contributed by atoms with Crippen molar-refractivity contribution in [1.82, 2.24) is 0 Å². The molecule has 4 rings (SSSR count). The Morgan fingerprint density at radius 3 is 1.37 bits per heavy atom. The zero-order chi connectivity index (χ0) is 18.7. The van der Waals surface area contributed by atoms with Gasteiger partial charge in [0.2, 0.25) is 0 Å². The number of hydrogen-bond donors (Lipinski definition) is 1. The Hall–Kier alpha value is -3.39. The molecule has 0 fully saturated rings. The van der Waals surface area contributed by atoms with Gasteiger partial charge in [0.05, 0.1) is 5.41 Å². The third kappa shape index (κ3) is 2.89. The molecule has 0 saturated heterocycles. The zero-order valence-electron chi connectivity index (χ0n) is 14.7. The van der Waals surface area contributed by atoms with Crippen LogP contribution in [0.25, 0.3) is 0 Å². The summed E-state index contributed by atoms with van der Waals surface area (Å²) in [5.41, 5.74) is 2.35. The Kier molecular flexibility index (Phi) is 4.47. The largest absolute Gasteiger partial charge is 0.508 e. The maximum atomic E-state index is 15.2. The van der Waals surface area contributed by atoms with Gasteiger partial charge in [-0.1, -0.05) is 91.0 Å². The lowest BCUT2D eigenvalue weighted by Gasteiger charge is -2.37. The van der Waals surface area contributed by atoms with Gasteiger partial charge < -0.3 is 5.11 Å². The monoisotopic (exact) mass is 354 g/mol. The molecule has 2 heteroatoms. The van der Waals surface area contributed by atoms with E-state index in [1.165, 1.54) is 18.2 Å². The fourth-order valence-electron chi connectivity index (χ4n) is 3.83. The van der Waals surface area contributed by atoms with Gasteiger partial charge in [-0.25, -0.2) is 4.39 Å². The highest BCUT2D eigenvalue weighted by molar-refractivity contribution is 5.60. The molecule has 0 aliphatic rings.